The maximum Gasteiger partial charge on any atom is 0.324 e. The van der Waals surface area contributed by atoms with Gasteiger partial charge in [-0.3, -0.25) is 19.5 Å². The van der Waals surface area contributed by atoms with E-state index in [4.69, 9.17) is 19.8 Å². The van der Waals surface area contributed by atoms with Crippen molar-refractivity contribution >= 4 is 50.4 Å². The van der Waals surface area contributed by atoms with E-state index in [1.54, 1.807) is 17.0 Å². The van der Waals surface area contributed by atoms with Crippen LogP contribution in [0.1, 0.15) is 18.2 Å². The summed E-state index contributed by atoms with van der Waals surface area (Å²) in [4.78, 5) is 43.0. The molecule has 6 rings (SSSR count). The number of β-amino-alcohol motifs (C(OH)–C–C–N with tert-alkyl or cyclic N) is 1. The molecule has 13 nitrogen and oxygen atoms in total. The average Bonchev–Trinajstić information content (AvgIpc) is 3.72. The maximum atomic E-state index is 13.5. The molecule has 1 N–H and O–H groups in total. The summed E-state index contributed by atoms with van der Waals surface area (Å²) in [6, 6.07) is 7.39. The van der Waals surface area contributed by atoms with Gasteiger partial charge < -0.3 is 24.5 Å². The number of rotatable bonds is 7. The highest BCUT2D eigenvalue weighted by Gasteiger charge is 2.46. The Hall–Kier alpha value is -3.78. The fourth-order valence-electron chi connectivity index (χ4n) is 5.69. The van der Waals surface area contributed by atoms with E-state index in [0.29, 0.717) is 59.2 Å². The predicted molar refractivity (Wildman–Crippen MR) is 164 cm³/mol. The van der Waals surface area contributed by atoms with Crippen LogP contribution in [0, 0.1) is 17.1 Å². The van der Waals surface area contributed by atoms with Crippen molar-refractivity contribution in [3.63, 3.8) is 0 Å². The number of ether oxygens (including phenoxy) is 1. The molecule has 0 spiro atoms. The number of thioether (sulfide) groups is 1. The number of amides is 1. The lowest BCUT2D eigenvalue weighted by atomic mass is 10.1. The average molecular weight is 642 g/mol. The molecule has 16 heteroatoms. The van der Waals surface area contributed by atoms with Gasteiger partial charge in [-0.25, -0.2) is 14.4 Å². The number of amidine groups is 2. The molecule has 0 saturated carbocycles. The van der Waals surface area contributed by atoms with Crippen molar-refractivity contribution in [2.24, 2.45) is 10.1 Å². The van der Waals surface area contributed by atoms with Crippen molar-refractivity contribution in [2.75, 3.05) is 58.3 Å². The first-order chi connectivity index (χ1) is 21.2. The van der Waals surface area contributed by atoms with Gasteiger partial charge >= 0.3 is 5.97 Å². The number of benzene rings is 1. The van der Waals surface area contributed by atoms with Crippen LogP contribution in [-0.2, 0) is 14.3 Å². The molecule has 2 fully saturated rings. The minimum Gasteiger partial charge on any atom is -0.468 e. The third kappa shape index (κ3) is 5.60. The van der Waals surface area contributed by atoms with Crippen molar-refractivity contribution < 1.29 is 23.8 Å². The molecule has 0 radical (unpaired) electrons. The predicted octanol–water partition coefficient (Wildman–Crippen LogP) is 1.41. The maximum absolute atomic E-state index is 13.5. The minimum absolute atomic E-state index is 0.0717. The van der Waals surface area contributed by atoms with Crippen molar-refractivity contribution in [2.45, 2.75) is 37.7 Å². The third-order valence-corrected chi connectivity index (χ3v) is 10.2. The Morgan fingerprint density at radius 1 is 1.20 bits per heavy atom. The van der Waals surface area contributed by atoms with E-state index in [1.807, 2.05) is 26.8 Å². The Kier molecular flexibility index (Phi) is 8.46. The van der Waals surface area contributed by atoms with E-state index in [0.717, 1.165) is 11.6 Å². The van der Waals surface area contributed by atoms with Gasteiger partial charge in [0, 0.05) is 45.3 Å². The van der Waals surface area contributed by atoms with E-state index in [2.05, 4.69) is 13.0 Å². The monoisotopic (exact) mass is 641 g/mol. The fourth-order valence-corrected chi connectivity index (χ4v) is 7.59. The lowest BCUT2D eigenvalue weighted by Gasteiger charge is -2.42. The smallest absolute Gasteiger partial charge is 0.324 e. The Bertz CT molecular complexity index is 1540. The van der Waals surface area contributed by atoms with Gasteiger partial charge in [0.25, 0.3) is 0 Å². The van der Waals surface area contributed by atoms with Crippen LogP contribution in [0.5, 0.6) is 0 Å². The number of aliphatic hydroxyl groups excluding tert-OH is 1. The van der Waals surface area contributed by atoms with Crippen LogP contribution in [0.4, 0.5) is 9.52 Å². The first-order valence-corrected chi connectivity index (χ1v) is 15.9. The summed E-state index contributed by atoms with van der Waals surface area (Å²) in [5, 5.41) is 28.2. The molecule has 4 aliphatic rings. The number of carbonyl (C=O) groups excluding carboxylic acids is 2. The SMILES string of the molecule is CCC1N=C2SC(N3CCN(CC(=O)N4CC(O)C4)[C@@H](C(=O)OC)C3)=NN2C1N(C)c1nc(-c2ccc(F)cc2)c(C#N)s1. The Labute approximate surface area is 262 Å². The van der Waals surface area contributed by atoms with Gasteiger partial charge in [0.15, 0.2) is 15.5 Å². The number of piperazine rings is 1. The number of hydrazone groups is 1. The number of esters is 1. The minimum atomic E-state index is -0.656. The Balaban J connectivity index is 1.19. The van der Waals surface area contributed by atoms with Crippen LogP contribution in [0.2, 0.25) is 0 Å². The topological polar surface area (TPSA) is 141 Å². The number of nitrogens with zero attached hydrogens (tertiary/aromatic N) is 9. The van der Waals surface area contributed by atoms with Crippen molar-refractivity contribution in [3.05, 3.63) is 35.0 Å². The lowest BCUT2D eigenvalue weighted by molar-refractivity contribution is -0.152. The number of hydrogen-bond acceptors (Lipinski definition) is 14. The summed E-state index contributed by atoms with van der Waals surface area (Å²) in [6.07, 6.45) is -0.0219. The number of aliphatic hydroxyl groups is 1. The molecule has 5 heterocycles. The van der Waals surface area contributed by atoms with Crippen LogP contribution < -0.4 is 4.90 Å². The van der Waals surface area contributed by atoms with E-state index in [1.165, 1.54) is 42.3 Å². The van der Waals surface area contributed by atoms with E-state index >= 15 is 0 Å². The quantitative estimate of drug-likeness (QED) is 0.439. The highest BCUT2D eigenvalue weighted by molar-refractivity contribution is 8.26. The summed E-state index contributed by atoms with van der Waals surface area (Å²) in [5.41, 5.74) is 1.16. The zero-order valence-corrected chi connectivity index (χ0v) is 26.1. The number of nitriles is 1. The number of carbonyl (C=O) groups is 2. The zero-order valence-electron chi connectivity index (χ0n) is 24.5. The molecular weight excluding hydrogens is 609 g/mol. The van der Waals surface area contributed by atoms with E-state index in [9.17, 15) is 24.3 Å². The van der Waals surface area contributed by atoms with Crippen molar-refractivity contribution in [1.29, 1.82) is 5.26 Å². The first kappa shape index (κ1) is 30.3. The molecule has 232 valence electrons. The molecule has 1 amide bonds. The van der Waals surface area contributed by atoms with Gasteiger partial charge in [-0.2, -0.15) is 5.26 Å². The van der Waals surface area contributed by atoms with E-state index < -0.39 is 18.1 Å². The molecule has 0 aliphatic carbocycles. The second kappa shape index (κ2) is 12.3. The third-order valence-electron chi connectivity index (χ3n) is 8.18. The lowest BCUT2D eigenvalue weighted by Crippen LogP contribution is -2.61. The number of aliphatic imine (C=N–C) groups is 1. The van der Waals surface area contributed by atoms with Gasteiger partial charge in [-0.1, -0.05) is 18.3 Å². The molecule has 44 heavy (non-hydrogen) atoms. The number of halogens is 1. The molecule has 3 atom stereocenters. The molecule has 1 aromatic heterocycles. The molecule has 4 aliphatic heterocycles. The van der Waals surface area contributed by atoms with Crippen LogP contribution in [0.25, 0.3) is 11.3 Å². The van der Waals surface area contributed by atoms with Gasteiger partial charge in [-0.05, 0) is 42.4 Å². The van der Waals surface area contributed by atoms with Gasteiger partial charge in [-0.15, -0.1) is 5.10 Å². The largest absolute Gasteiger partial charge is 0.468 e. The molecule has 2 saturated heterocycles. The van der Waals surface area contributed by atoms with E-state index in [-0.39, 0.29) is 30.5 Å². The second-order valence-electron chi connectivity index (χ2n) is 10.9. The first-order valence-electron chi connectivity index (χ1n) is 14.3. The molecule has 0 bridgehead atoms. The number of thiazole rings is 1. The highest BCUT2D eigenvalue weighted by Crippen LogP contribution is 2.39. The number of fused-ring (bicyclic) bond motifs is 1. The summed E-state index contributed by atoms with van der Waals surface area (Å²) >= 11 is 2.70. The van der Waals surface area contributed by atoms with Crippen LogP contribution >= 0.6 is 23.1 Å². The molecule has 2 aromatic rings. The number of anilines is 1. The molecule has 2 unspecified atom stereocenters. The van der Waals surface area contributed by atoms with Crippen LogP contribution in [0.15, 0.2) is 34.4 Å². The number of likely N-dealkylation sites (tertiary alicyclic amines) is 1. The van der Waals surface area contributed by atoms with Gasteiger partial charge in [0.1, 0.15) is 34.7 Å². The number of hydrogen-bond donors (Lipinski definition) is 1. The zero-order chi connectivity index (χ0) is 31.1. The molecular formula is C28H32FN9O4S2. The Morgan fingerprint density at radius 2 is 1.95 bits per heavy atom. The summed E-state index contributed by atoms with van der Waals surface area (Å²) in [5.74, 6) is -0.909. The second-order valence-corrected chi connectivity index (χ2v) is 12.9. The van der Waals surface area contributed by atoms with Crippen molar-refractivity contribution in [3.8, 4) is 17.3 Å². The summed E-state index contributed by atoms with van der Waals surface area (Å²) in [6.45, 7) is 4.06. The summed E-state index contributed by atoms with van der Waals surface area (Å²) in [7, 11) is 3.24. The van der Waals surface area contributed by atoms with Crippen LogP contribution in [0.3, 0.4) is 0 Å². The standard InChI is InChI=1S/C28H32FN9O4S2/c1-4-19-24(34(2)26-32-23(21(11-30)43-26)16-5-7-17(29)8-6-16)38-27(31-19)44-28(33-38)36-10-9-35(20(14-36)25(41)42-3)15-22(40)37-12-18(39)13-37/h5-8,18-20,24,39H,4,9-10,12-15H2,1-3H3/t19?,20-,24?/m1/s1. The Morgan fingerprint density at radius 3 is 2.61 bits per heavy atom. The number of likely N-dealkylation sites (N-methyl/N-ethyl adjacent to an activating group) is 1. The fraction of sp³-hybridized carbons (Fsp3) is 0.500. The van der Waals surface area contributed by atoms with Gasteiger partial charge in [0.2, 0.25) is 5.91 Å². The normalized spacial score (nSPS) is 23.5. The van der Waals surface area contributed by atoms with Crippen molar-refractivity contribution in [1.82, 2.24) is 24.7 Å². The van der Waals surface area contributed by atoms with Crippen LogP contribution in [-0.4, -0.2) is 130 Å². The van der Waals surface area contributed by atoms with Gasteiger partial charge in [0.05, 0.1) is 25.8 Å². The number of methoxy groups -OCH3 is 1. The number of aromatic nitrogens is 1. The summed E-state index contributed by atoms with van der Waals surface area (Å²) < 4.78 is 18.6. The highest BCUT2D eigenvalue weighted by atomic mass is 32.2. The molecule has 1 aromatic carbocycles.